The quantitative estimate of drug-likeness (QED) is 0.784. The molecule has 3 nitrogen and oxygen atoms in total. The van der Waals surface area contributed by atoms with Crippen molar-refractivity contribution in [2.45, 2.75) is 0 Å². The lowest BCUT2D eigenvalue weighted by molar-refractivity contribution is 0.413. The highest BCUT2D eigenvalue weighted by molar-refractivity contribution is 7.80. The molecule has 1 aromatic rings. The van der Waals surface area contributed by atoms with Crippen molar-refractivity contribution in [2.24, 2.45) is 0 Å². The first-order valence-corrected chi connectivity index (χ1v) is 5.53. The Hall–Kier alpha value is -0.780. The van der Waals surface area contributed by atoms with Crippen LogP contribution in [0.3, 0.4) is 0 Å². The number of aromatic amines is 1. The average molecular weight is 241 g/mol. The highest BCUT2D eigenvalue weighted by Gasteiger charge is 2.01. The molecule has 0 aliphatic heterocycles. The van der Waals surface area contributed by atoms with Crippen LogP contribution in [0.5, 0.6) is 0 Å². The molecule has 1 heterocycles. The van der Waals surface area contributed by atoms with Crippen LogP contribution in [-0.4, -0.2) is 42.1 Å². The number of H-pyrrole nitrogens is 1. The maximum atomic E-state index is 5.24. The van der Waals surface area contributed by atoms with E-state index in [4.69, 9.17) is 24.4 Å². The van der Waals surface area contributed by atoms with Gasteiger partial charge in [0.2, 0.25) is 0 Å². The zero-order valence-corrected chi connectivity index (χ0v) is 10.5. The molecule has 1 rings (SSSR count). The van der Waals surface area contributed by atoms with Gasteiger partial charge in [0.15, 0.2) is 0 Å². The van der Waals surface area contributed by atoms with Gasteiger partial charge in [0.05, 0.1) is 0 Å². The van der Waals surface area contributed by atoms with Crippen molar-refractivity contribution in [2.75, 3.05) is 27.2 Å². The van der Waals surface area contributed by atoms with Gasteiger partial charge in [0, 0.05) is 24.8 Å². The largest absolute Gasteiger partial charge is 0.374 e. The van der Waals surface area contributed by atoms with Gasteiger partial charge in [-0.1, -0.05) is 24.4 Å². The molecule has 0 saturated heterocycles. The molecule has 82 valence electrons. The number of pyridine rings is 1. The number of likely N-dealkylation sites (N-methyl/N-ethyl adjacent to an activating group) is 1. The zero-order chi connectivity index (χ0) is 11.3. The summed E-state index contributed by atoms with van der Waals surface area (Å²) < 4.78 is 0.680. The molecule has 0 radical (unpaired) electrons. The molecule has 0 amide bonds. The van der Waals surface area contributed by atoms with Crippen molar-refractivity contribution in [1.82, 2.24) is 15.2 Å². The Balaban J connectivity index is 2.55. The van der Waals surface area contributed by atoms with Crippen LogP contribution in [0.25, 0.3) is 0 Å². The molecule has 0 spiro atoms. The predicted octanol–water partition coefficient (Wildman–Crippen LogP) is 1.57. The summed E-state index contributed by atoms with van der Waals surface area (Å²) in [5.74, 6) is 0. The van der Waals surface area contributed by atoms with Gasteiger partial charge in [-0.05, 0) is 26.2 Å². The van der Waals surface area contributed by atoms with Gasteiger partial charge < -0.3 is 15.2 Å². The Labute approximate surface area is 101 Å². The molecule has 0 aliphatic carbocycles. The molecule has 0 unspecified atom stereocenters. The summed E-state index contributed by atoms with van der Waals surface area (Å²) in [5.41, 5.74) is 0.890. The van der Waals surface area contributed by atoms with E-state index in [1.807, 2.05) is 26.2 Å². The van der Waals surface area contributed by atoms with Crippen molar-refractivity contribution in [3.05, 3.63) is 28.5 Å². The van der Waals surface area contributed by atoms with Gasteiger partial charge in [-0.2, -0.15) is 0 Å². The number of nitrogens with zero attached hydrogens (tertiary/aromatic N) is 1. The fourth-order valence-corrected chi connectivity index (χ4v) is 1.66. The normalized spacial score (nSPS) is 10.3. The van der Waals surface area contributed by atoms with Crippen molar-refractivity contribution in [3.63, 3.8) is 0 Å². The van der Waals surface area contributed by atoms with Crippen LogP contribution in [0.4, 0.5) is 0 Å². The highest BCUT2D eigenvalue weighted by atomic mass is 32.1. The van der Waals surface area contributed by atoms with E-state index < -0.39 is 0 Å². The number of rotatable bonds is 4. The molecule has 0 fully saturated rings. The summed E-state index contributed by atoms with van der Waals surface area (Å²) in [7, 11) is 4.05. The second-order valence-electron chi connectivity index (χ2n) is 3.47. The van der Waals surface area contributed by atoms with Gasteiger partial charge in [-0.25, -0.2) is 0 Å². The number of thiocarbonyl (C=S) groups is 1. The molecular weight excluding hydrogens is 226 g/mol. The monoisotopic (exact) mass is 241 g/mol. The minimum atomic E-state index is 0.680. The van der Waals surface area contributed by atoms with Crippen LogP contribution in [0.2, 0.25) is 0 Å². The number of nitrogens with one attached hydrogen (secondary N) is 2. The predicted molar refractivity (Wildman–Crippen MR) is 69.9 cm³/mol. The van der Waals surface area contributed by atoms with Crippen LogP contribution in [0.1, 0.15) is 5.56 Å². The Morgan fingerprint density at radius 3 is 2.87 bits per heavy atom. The van der Waals surface area contributed by atoms with Gasteiger partial charge in [-0.15, -0.1) is 0 Å². The lowest BCUT2D eigenvalue weighted by Gasteiger charge is -2.11. The Kier molecular flexibility index (Phi) is 4.87. The zero-order valence-electron chi connectivity index (χ0n) is 8.91. The maximum absolute atomic E-state index is 5.24. The summed E-state index contributed by atoms with van der Waals surface area (Å²) in [6.45, 7) is 1.78. The van der Waals surface area contributed by atoms with Crippen molar-refractivity contribution in [3.8, 4) is 0 Å². The highest BCUT2D eigenvalue weighted by Crippen LogP contribution is 2.00. The Morgan fingerprint density at radius 1 is 1.53 bits per heavy atom. The first-order chi connectivity index (χ1) is 7.11. The molecule has 1 aromatic heterocycles. The molecular formula is C10H15N3S2. The Morgan fingerprint density at radius 2 is 2.27 bits per heavy atom. The number of hydrogen-bond donors (Lipinski definition) is 2. The van der Waals surface area contributed by atoms with Crippen LogP contribution in [0, 0.1) is 4.64 Å². The van der Waals surface area contributed by atoms with Gasteiger partial charge in [0.1, 0.15) is 9.63 Å². The van der Waals surface area contributed by atoms with E-state index in [-0.39, 0.29) is 0 Å². The fourth-order valence-electron chi connectivity index (χ4n) is 1.09. The van der Waals surface area contributed by atoms with E-state index in [9.17, 15) is 0 Å². The van der Waals surface area contributed by atoms with Crippen molar-refractivity contribution in [1.29, 1.82) is 0 Å². The molecule has 5 heteroatoms. The summed E-state index contributed by atoms with van der Waals surface area (Å²) in [6, 6.07) is 3.81. The van der Waals surface area contributed by atoms with E-state index in [1.54, 1.807) is 6.20 Å². The molecule has 15 heavy (non-hydrogen) atoms. The van der Waals surface area contributed by atoms with E-state index >= 15 is 0 Å². The summed E-state index contributed by atoms with van der Waals surface area (Å²) in [6.07, 6.45) is 1.80. The summed E-state index contributed by atoms with van der Waals surface area (Å²) in [5, 5.41) is 3.17. The Bertz CT molecular complexity index is 384. The summed E-state index contributed by atoms with van der Waals surface area (Å²) >= 11 is 10.4. The maximum Gasteiger partial charge on any atom is 0.113 e. The third-order valence-electron chi connectivity index (χ3n) is 1.91. The van der Waals surface area contributed by atoms with E-state index in [1.165, 1.54) is 0 Å². The molecule has 0 aliphatic rings. The van der Waals surface area contributed by atoms with Crippen molar-refractivity contribution >= 4 is 29.4 Å². The molecule has 0 bridgehead atoms. The third-order valence-corrected chi connectivity index (χ3v) is 2.61. The number of aromatic nitrogens is 1. The van der Waals surface area contributed by atoms with Gasteiger partial charge >= 0.3 is 0 Å². The molecule has 0 aromatic carbocycles. The van der Waals surface area contributed by atoms with E-state index in [0.717, 1.165) is 18.7 Å². The topological polar surface area (TPSA) is 31.1 Å². The standard InChI is InChI=1S/C10H15N3S2/c1-13(2)7-6-12-10(15)8-4-3-5-11-9(8)14/h3-5H,6-7H2,1-2H3,(H,11,14)(H,12,15). The smallest absolute Gasteiger partial charge is 0.113 e. The van der Waals surface area contributed by atoms with E-state index in [2.05, 4.69) is 15.2 Å². The first-order valence-electron chi connectivity index (χ1n) is 4.72. The lowest BCUT2D eigenvalue weighted by Crippen LogP contribution is -2.30. The SMILES string of the molecule is CN(C)CCNC(=S)c1ccc[nH]c1=S. The molecule has 2 N–H and O–H groups in total. The van der Waals surface area contributed by atoms with Gasteiger partial charge in [0.25, 0.3) is 0 Å². The number of hydrogen-bond acceptors (Lipinski definition) is 3. The lowest BCUT2D eigenvalue weighted by atomic mass is 10.3. The van der Waals surface area contributed by atoms with Crippen molar-refractivity contribution < 1.29 is 0 Å². The average Bonchev–Trinajstić information content (AvgIpc) is 2.17. The van der Waals surface area contributed by atoms with Crippen LogP contribution < -0.4 is 5.32 Å². The third kappa shape index (κ3) is 4.07. The van der Waals surface area contributed by atoms with Crippen LogP contribution in [0.15, 0.2) is 18.3 Å². The minimum absolute atomic E-state index is 0.680. The van der Waals surface area contributed by atoms with E-state index in [0.29, 0.717) is 9.63 Å². The first kappa shape index (κ1) is 12.3. The molecule has 0 atom stereocenters. The van der Waals surface area contributed by atoms with Gasteiger partial charge in [-0.3, -0.25) is 0 Å². The summed E-state index contributed by atoms with van der Waals surface area (Å²) in [4.78, 5) is 5.76. The second-order valence-corrected chi connectivity index (χ2v) is 4.29. The minimum Gasteiger partial charge on any atom is -0.374 e. The van der Waals surface area contributed by atoms with Crippen LogP contribution in [-0.2, 0) is 0 Å². The van der Waals surface area contributed by atoms with Crippen LogP contribution >= 0.6 is 24.4 Å². The molecule has 0 saturated carbocycles. The second kappa shape index (κ2) is 5.95. The fraction of sp³-hybridized carbons (Fsp3) is 0.400.